The van der Waals surface area contributed by atoms with E-state index in [-0.39, 0.29) is 5.82 Å². The summed E-state index contributed by atoms with van der Waals surface area (Å²) >= 11 is 5.90. The zero-order valence-electron chi connectivity index (χ0n) is 11.4. The highest BCUT2D eigenvalue weighted by Gasteiger charge is 2.13. The van der Waals surface area contributed by atoms with Crippen LogP contribution < -0.4 is 5.32 Å². The van der Waals surface area contributed by atoms with E-state index < -0.39 is 0 Å². The molecule has 0 bridgehead atoms. The van der Waals surface area contributed by atoms with Crippen LogP contribution in [0.2, 0.25) is 5.02 Å². The standard InChI is InChI=1S/C15H18ClFN2/c1-4-5-18-15-12(9(2)3)7-10-6-11(16)8-13(17)14(10)19-15/h6-9H,4-5H2,1-3H3,(H,18,19). The number of halogens is 2. The first-order chi connectivity index (χ1) is 9.02. The van der Waals surface area contributed by atoms with Gasteiger partial charge in [0.15, 0.2) is 5.82 Å². The summed E-state index contributed by atoms with van der Waals surface area (Å²) in [5.74, 6) is 0.709. The van der Waals surface area contributed by atoms with Crippen molar-refractivity contribution >= 4 is 28.3 Å². The molecule has 0 aliphatic rings. The first-order valence-corrected chi connectivity index (χ1v) is 6.94. The monoisotopic (exact) mass is 280 g/mol. The number of benzene rings is 1. The van der Waals surface area contributed by atoms with Crippen LogP contribution in [0.1, 0.15) is 38.7 Å². The molecular weight excluding hydrogens is 263 g/mol. The molecular formula is C15H18ClFN2. The van der Waals surface area contributed by atoms with Crippen LogP contribution in [0.5, 0.6) is 0 Å². The largest absolute Gasteiger partial charge is 0.370 e. The van der Waals surface area contributed by atoms with E-state index in [2.05, 4.69) is 31.1 Å². The van der Waals surface area contributed by atoms with Crippen LogP contribution in [0.25, 0.3) is 10.9 Å². The molecule has 0 fully saturated rings. The van der Waals surface area contributed by atoms with Crippen molar-refractivity contribution in [3.8, 4) is 0 Å². The van der Waals surface area contributed by atoms with Crippen molar-refractivity contribution in [2.45, 2.75) is 33.1 Å². The molecule has 0 aliphatic heterocycles. The number of hydrogen-bond acceptors (Lipinski definition) is 2. The molecule has 102 valence electrons. The Morgan fingerprint density at radius 3 is 2.68 bits per heavy atom. The van der Waals surface area contributed by atoms with Crippen LogP contribution in [0.3, 0.4) is 0 Å². The Kier molecular flexibility index (Phi) is 4.25. The average molecular weight is 281 g/mol. The minimum absolute atomic E-state index is 0.318. The Morgan fingerprint density at radius 1 is 1.32 bits per heavy atom. The first kappa shape index (κ1) is 14.1. The van der Waals surface area contributed by atoms with Crippen LogP contribution in [0, 0.1) is 5.82 Å². The topological polar surface area (TPSA) is 24.9 Å². The second kappa shape index (κ2) is 5.74. The minimum atomic E-state index is -0.377. The lowest BCUT2D eigenvalue weighted by Gasteiger charge is -2.15. The van der Waals surface area contributed by atoms with E-state index in [1.54, 1.807) is 6.07 Å². The van der Waals surface area contributed by atoms with E-state index in [1.807, 2.05) is 6.07 Å². The molecule has 2 aromatic rings. The third-order valence-electron chi connectivity index (χ3n) is 3.03. The number of nitrogens with zero attached hydrogens (tertiary/aromatic N) is 1. The van der Waals surface area contributed by atoms with Crippen molar-refractivity contribution in [2.75, 3.05) is 11.9 Å². The van der Waals surface area contributed by atoms with Crippen molar-refractivity contribution in [1.29, 1.82) is 0 Å². The highest BCUT2D eigenvalue weighted by Crippen LogP contribution is 2.29. The Balaban J connectivity index is 2.62. The number of fused-ring (bicyclic) bond motifs is 1. The molecule has 0 atom stereocenters. The van der Waals surface area contributed by atoms with Gasteiger partial charge in [-0.2, -0.15) is 0 Å². The molecule has 0 unspecified atom stereocenters. The average Bonchev–Trinajstić information content (AvgIpc) is 2.35. The zero-order valence-corrected chi connectivity index (χ0v) is 12.2. The van der Waals surface area contributed by atoms with Crippen molar-refractivity contribution in [3.63, 3.8) is 0 Å². The van der Waals surface area contributed by atoms with Crippen LogP contribution >= 0.6 is 11.6 Å². The molecule has 2 nitrogen and oxygen atoms in total. The number of rotatable bonds is 4. The van der Waals surface area contributed by atoms with Gasteiger partial charge in [0, 0.05) is 17.0 Å². The maximum atomic E-state index is 13.9. The van der Waals surface area contributed by atoms with Crippen molar-refractivity contribution in [1.82, 2.24) is 4.98 Å². The SMILES string of the molecule is CCCNc1nc2c(F)cc(Cl)cc2cc1C(C)C. The van der Waals surface area contributed by atoms with Gasteiger partial charge in [-0.1, -0.05) is 32.4 Å². The Labute approximate surface area is 118 Å². The third-order valence-corrected chi connectivity index (χ3v) is 3.25. The summed E-state index contributed by atoms with van der Waals surface area (Å²) in [6.07, 6.45) is 1.00. The molecule has 4 heteroatoms. The van der Waals surface area contributed by atoms with Crippen LogP contribution in [0.15, 0.2) is 18.2 Å². The summed E-state index contributed by atoms with van der Waals surface area (Å²) in [4.78, 5) is 4.43. The van der Waals surface area contributed by atoms with Gasteiger partial charge in [0.1, 0.15) is 11.3 Å². The summed E-state index contributed by atoms with van der Waals surface area (Å²) in [6, 6.07) is 5.03. The van der Waals surface area contributed by atoms with Gasteiger partial charge in [-0.3, -0.25) is 0 Å². The summed E-state index contributed by atoms with van der Waals surface area (Å²) in [6.45, 7) is 7.11. The summed E-state index contributed by atoms with van der Waals surface area (Å²) in [7, 11) is 0. The molecule has 0 spiro atoms. The normalized spacial score (nSPS) is 11.3. The predicted octanol–water partition coefficient (Wildman–Crippen LogP) is 4.97. The van der Waals surface area contributed by atoms with E-state index >= 15 is 0 Å². The van der Waals surface area contributed by atoms with Gasteiger partial charge in [-0.05, 0) is 36.1 Å². The summed E-state index contributed by atoms with van der Waals surface area (Å²) < 4.78 is 13.9. The fourth-order valence-electron chi connectivity index (χ4n) is 2.05. The highest BCUT2D eigenvalue weighted by atomic mass is 35.5. The summed E-state index contributed by atoms with van der Waals surface area (Å²) in [5, 5.41) is 4.41. The first-order valence-electron chi connectivity index (χ1n) is 6.56. The van der Waals surface area contributed by atoms with Gasteiger partial charge >= 0.3 is 0 Å². The number of hydrogen-bond donors (Lipinski definition) is 1. The van der Waals surface area contributed by atoms with Crippen molar-refractivity contribution < 1.29 is 4.39 Å². The second-order valence-electron chi connectivity index (χ2n) is 4.97. The molecule has 0 amide bonds. The van der Waals surface area contributed by atoms with Gasteiger partial charge in [-0.25, -0.2) is 9.37 Å². The molecule has 0 aliphatic carbocycles. The Bertz CT molecular complexity index is 596. The lowest BCUT2D eigenvalue weighted by Crippen LogP contribution is -2.07. The Hall–Kier alpha value is -1.35. The van der Waals surface area contributed by atoms with Crippen LogP contribution in [-0.2, 0) is 0 Å². The lowest BCUT2D eigenvalue weighted by atomic mass is 10.0. The number of anilines is 1. The van der Waals surface area contributed by atoms with E-state index in [1.165, 1.54) is 6.07 Å². The molecule has 1 aromatic heterocycles. The highest BCUT2D eigenvalue weighted by molar-refractivity contribution is 6.31. The van der Waals surface area contributed by atoms with Crippen molar-refractivity contribution in [3.05, 3.63) is 34.6 Å². The van der Waals surface area contributed by atoms with E-state index in [0.717, 1.165) is 29.7 Å². The number of nitrogens with one attached hydrogen (secondary N) is 1. The minimum Gasteiger partial charge on any atom is -0.370 e. The lowest BCUT2D eigenvalue weighted by molar-refractivity contribution is 0.636. The smallest absolute Gasteiger partial charge is 0.150 e. The predicted molar refractivity (Wildman–Crippen MR) is 79.6 cm³/mol. The van der Waals surface area contributed by atoms with E-state index in [0.29, 0.717) is 16.5 Å². The van der Waals surface area contributed by atoms with Crippen LogP contribution in [-0.4, -0.2) is 11.5 Å². The van der Waals surface area contributed by atoms with Crippen molar-refractivity contribution in [2.24, 2.45) is 0 Å². The maximum absolute atomic E-state index is 13.9. The molecule has 0 saturated heterocycles. The van der Waals surface area contributed by atoms with Gasteiger partial charge in [0.25, 0.3) is 0 Å². The Morgan fingerprint density at radius 2 is 2.05 bits per heavy atom. The molecule has 2 rings (SSSR count). The molecule has 1 heterocycles. The fourth-order valence-corrected chi connectivity index (χ4v) is 2.26. The molecule has 0 saturated carbocycles. The second-order valence-corrected chi connectivity index (χ2v) is 5.40. The van der Waals surface area contributed by atoms with Crippen LogP contribution in [0.4, 0.5) is 10.2 Å². The zero-order chi connectivity index (χ0) is 14.0. The third kappa shape index (κ3) is 2.98. The van der Waals surface area contributed by atoms with E-state index in [4.69, 9.17) is 11.6 Å². The molecule has 1 N–H and O–H groups in total. The van der Waals surface area contributed by atoms with Gasteiger partial charge < -0.3 is 5.32 Å². The van der Waals surface area contributed by atoms with E-state index in [9.17, 15) is 4.39 Å². The fraction of sp³-hybridized carbons (Fsp3) is 0.400. The number of aromatic nitrogens is 1. The quantitative estimate of drug-likeness (QED) is 0.855. The molecule has 19 heavy (non-hydrogen) atoms. The van der Waals surface area contributed by atoms with Gasteiger partial charge in [0.2, 0.25) is 0 Å². The number of pyridine rings is 1. The van der Waals surface area contributed by atoms with Gasteiger partial charge in [0.05, 0.1) is 0 Å². The molecule has 1 aromatic carbocycles. The van der Waals surface area contributed by atoms with Gasteiger partial charge in [-0.15, -0.1) is 0 Å². The molecule has 0 radical (unpaired) electrons. The maximum Gasteiger partial charge on any atom is 0.150 e. The summed E-state index contributed by atoms with van der Waals surface area (Å²) in [5.41, 5.74) is 1.45.